The molecule has 0 aromatic carbocycles. The number of unbranched alkanes of at least 4 members (excludes halogenated alkanes) is 4. The third-order valence-electron chi connectivity index (χ3n) is 1.65. The average Bonchev–Trinajstić information content (AvgIpc) is 2.16. The van der Waals surface area contributed by atoms with E-state index in [1.54, 1.807) is 6.08 Å². The Hall–Kier alpha value is -1.12. The van der Waals surface area contributed by atoms with Crippen molar-refractivity contribution in [2.75, 3.05) is 7.11 Å². The second-order valence-corrected chi connectivity index (χ2v) is 2.73. The fourth-order valence-corrected chi connectivity index (χ4v) is 0.914. The van der Waals surface area contributed by atoms with Gasteiger partial charge in [-0.2, -0.15) is 0 Å². The molecule has 0 aromatic rings. The molecule has 0 spiro atoms. The van der Waals surface area contributed by atoms with Gasteiger partial charge in [0.2, 0.25) is 0 Å². The molecule has 0 fully saturated rings. The van der Waals surface area contributed by atoms with Crippen molar-refractivity contribution in [3.05, 3.63) is 12.2 Å². The van der Waals surface area contributed by atoms with Crippen LogP contribution < -0.4 is 0 Å². The fourth-order valence-electron chi connectivity index (χ4n) is 0.914. The average molecular weight is 184 g/mol. The van der Waals surface area contributed by atoms with Gasteiger partial charge in [-0.25, -0.2) is 4.79 Å². The van der Waals surface area contributed by atoms with E-state index >= 15 is 0 Å². The maximum atomic E-state index is 10.6. The molecule has 0 amide bonds. The van der Waals surface area contributed by atoms with Gasteiger partial charge >= 0.3 is 5.97 Å². The molecule has 0 aromatic heterocycles. The van der Waals surface area contributed by atoms with Crippen molar-refractivity contribution in [2.24, 2.45) is 0 Å². The highest BCUT2D eigenvalue weighted by molar-refractivity contribution is 5.81. The Morgan fingerprint density at radius 1 is 1.23 bits per heavy atom. The first-order valence-electron chi connectivity index (χ1n) is 4.49. The Bertz CT molecular complexity index is 173. The normalized spacial score (nSPS) is 10.2. The predicted molar refractivity (Wildman–Crippen MR) is 50.3 cm³/mol. The van der Waals surface area contributed by atoms with E-state index < -0.39 is 0 Å². The highest BCUT2D eigenvalue weighted by atomic mass is 16.5. The summed E-state index contributed by atoms with van der Waals surface area (Å²) in [5, 5.41) is 0. The van der Waals surface area contributed by atoms with E-state index in [1.807, 2.05) is 0 Å². The van der Waals surface area contributed by atoms with Crippen molar-refractivity contribution in [3.63, 3.8) is 0 Å². The number of carbonyl (C=O) groups excluding carboxylic acids is 2. The third-order valence-corrected chi connectivity index (χ3v) is 1.65. The van der Waals surface area contributed by atoms with Crippen LogP contribution in [0.1, 0.15) is 32.1 Å². The molecule has 3 heteroatoms. The lowest BCUT2D eigenvalue weighted by Crippen LogP contribution is -1.93. The molecule has 0 aliphatic carbocycles. The molecule has 0 saturated carbocycles. The molecule has 0 N–H and O–H groups in total. The van der Waals surface area contributed by atoms with Gasteiger partial charge < -0.3 is 9.53 Å². The van der Waals surface area contributed by atoms with Gasteiger partial charge in [-0.1, -0.05) is 12.5 Å². The molecule has 0 aliphatic heterocycles. The quantitative estimate of drug-likeness (QED) is 0.262. The molecule has 0 rings (SSSR count). The molecule has 0 atom stereocenters. The molecular weight excluding hydrogens is 168 g/mol. The highest BCUT2D eigenvalue weighted by Crippen LogP contribution is 2.02. The van der Waals surface area contributed by atoms with Crippen molar-refractivity contribution >= 4 is 12.3 Å². The number of aldehydes is 1. The first-order valence-corrected chi connectivity index (χ1v) is 4.49. The Kier molecular flexibility index (Phi) is 8.20. The molecule has 13 heavy (non-hydrogen) atoms. The van der Waals surface area contributed by atoms with Crippen LogP contribution in [0.25, 0.3) is 0 Å². The number of ether oxygens (including phenoxy) is 1. The maximum absolute atomic E-state index is 10.6. The van der Waals surface area contributed by atoms with Gasteiger partial charge in [-0.15, -0.1) is 0 Å². The maximum Gasteiger partial charge on any atom is 0.330 e. The van der Waals surface area contributed by atoms with Crippen molar-refractivity contribution in [1.82, 2.24) is 0 Å². The summed E-state index contributed by atoms with van der Waals surface area (Å²) >= 11 is 0. The van der Waals surface area contributed by atoms with Crippen molar-refractivity contribution in [2.45, 2.75) is 32.1 Å². The zero-order chi connectivity index (χ0) is 9.94. The number of hydrogen-bond acceptors (Lipinski definition) is 3. The first kappa shape index (κ1) is 11.9. The van der Waals surface area contributed by atoms with Gasteiger partial charge in [0.15, 0.2) is 0 Å². The molecule has 74 valence electrons. The Morgan fingerprint density at radius 2 is 1.92 bits per heavy atom. The van der Waals surface area contributed by atoms with E-state index in [4.69, 9.17) is 0 Å². The van der Waals surface area contributed by atoms with Crippen LogP contribution in [0, 0.1) is 0 Å². The zero-order valence-corrected chi connectivity index (χ0v) is 7.99. The monoisotopic (exact) mass is 184 g/mol. The lowest BCUT2D eigenvalue weighted by molar-refractivity contribution is -0.134. The summed E-state index contributed by atoms with van der Waals surface area (Å²) in [5.74, 6) is -0.312. The highest BCUT2D eigenvalue weighted by Gasteiger charge is 1.90. The lowest BCUT2D eigenvalue weighted by Gasteiger charge is -1.93. The molecule has 0 heterocycles. The van der Waals surface area contributed by atoms with Crippen LogP contribution in [0.4, 0.5) is 0 Å². The summed E-state index contributed by atoms with van der Waals surface area (Å²) in [5.41, 5.74) is 0. The van der Waals surface area contributed by atoms with Crippen LogP contribution in [0.2, 0.25) is 0 Å². The molecular formula is C10H16O3. The van der Waals surface area contributed by atoms with Gasteiger partial charge in [0, 0.05) is 12.5 Å². The minimum absolute atomic E-state index is 0.312. The number of esters is 1. The summed E-state index contributed by atoms with van der Waals surface area (Å²) in [6, 6.07) is 0. The van der Waals surface area contributed by atoms with Gasteiger partial charge in [0.25, 0.3) is 0 Å². The summed E-state index contributed by atoms with van der Waals surface area (Å²) in [7, 11) is 1.36. The number of allylic oxidation sites excluding steroid dienone is 1. The molecule has 0 saturated heterocycles. The van der Waals surface area contributed by atoms with Gasteiger partial charge in [0.1, 0.15) is 6.29 Å². The topological polar surface area (TPSA) is 43.4 Å². The largest absolute Gasteiger partial charge is 0.466 e. The standard InChI is InChI=1S/C10H16O3/c1-13-10(12)8-6-4-2-3-5-7-9-11/h6,8-9H,2-5,7H2,1H3. The van der Waals surface area contributed by atoms with E-state index in [0.29, 0.717) is 6.42 Å². The number of methoxy groups -OCH3 is 1. The second kappa shape index (κ2) is 8.97. The van der Waals surface area contributed by atoms with Gasteiger partial charge in [-0.3, -0.25) is 0 Å². The fraction of sp³-hybridized carbons (Fsp3) is 0.600. The van der Waals surface area contributed by atoms with Crippen molar-refractivity contribution < 1.29 is 14.3 Å². The van der Waals surface area contributed by atoms with E-state index in [9.17, 15) is 9.59 Å². The zero-order valence-electron chi connectivity index (χ0n) is 7.99. The van der Waals surface area contributed by atoms with E-state index in [0.717, 1.165) is 32.0 Å². The Labute approximate surface area is 78.8 Å². The minimum atomic E-state index is -0.312. The molecule has 0 bridgehead atoms. The first-order chi connectivity index (χ1) is 6.31. The number of hydrogen-bond donors (Lipinski definition) is 0. The molecule has 0 unspecified atom stereocenters. The lowest BCUT2D eigenvalue weighted by atomic mass is 10.1. The summed E-state index contributed by atoms with van der Waals surface area (Å²) in [4.78, 5) is 20.5. The van der Waals surface area contributed by atoms with Crippen LogP contribution in [0.15, 0.2) is 12.2 Å². The van der Waals surface area contributed by atoms with Crippen LogP contribution in [-0.4, -0.2) is 19.4 Å². The van der Waals surface area contributed by atoms with E-state index in [2.05, 4.69) is 4.74 Å². The minimum Gasteiger partial charge on any atom is -0.466 e. The molecule has 0 aliphatic rings. The van der Waals surface area contributed by atoms with Crippen LogP contribution >= 0.6 is 0 Å². The summed E-state index contributed by atoms with van der Waals surface area (Å²) in [6.45, 7) is 0. The van der Waals surface area contributed by atoms with Gasteiger partial charge in [-0.05, 0) is 19.3 Å². The van der Waals surface area contributed by atoms with Crippen LogP contribution in [0.3, 0.4) is 0 Å². The van der Waals surface area contributed by atoms with Crippen LogP contribution in [0.5, 0.6) is 0 Å². The van der Waals surface area contributed by atoms with Crippen molar-refractivity contribution in [1.29, 1.82) is 0 Å². The second-order valence-electron chi connectivity index (χ2n) is 2.73. The van der Waals surface area contributed by atoms with Gasteiger partial charge in [0.05, 0.1) is 7.11 Å². The molecule has 0 radical (unpaired) electrons. The summed E-state index contributed by atoms with van der Waals surface area (Å²) < 4.78 is 4.42. The van der Waals surface area contributed by atoms with E-state index in [-0.39, 0.29) is 5.97 Å². The van der Waals surface area contributed by atoms with E-state index in [1.165, 1.54) is 13.2 Å². The predicted octanol–water partition coefficient (Wildman–Crippen LogP) is 1.86. The number of carbonyl (C=O) groups is 2. The number of rotatable bonds is 7. The smallest absolute Gasteiger partial charge is 0.330 e. The third kappa shape index (κ3) is 8.79. The van der Waals surface area contributed by atoms with Crippen LogP contribution in [-0.2, 0) is 14.3 Å². The summed E-state index contributed by atoms with van der Waals surface area (Å²) in [6.07, 6.45) is 8.66. The Morgan fingerprint density at radius 3 is 2.54 bits per heavy atom. The Balaban J connectivity index is 3.19. The van der Waals surface area contributed by atoms with Crippen molar-refractivity contribution in [3.8, 4) is 0 Å². The SMILES string of the molecule is COC(=O)C=CCCCCCC=O. The molecule has 3 nitrogen and oxygen atoms in total.